The summed E-state index contributed by atoms with van der Waals surface area (Å²) in [5.41, 5.74) is 2.11. The maximum absolute atomic E-state index is 11.9. The third-order valence-corrected chi connectivity index (χ3v) is 3.06. The Morgan fingerprint density at radius 2 is 2.16 bits per heavy atom. The first-order valence-corrected chi connectivity index (χ1v) is 5.99. The van der Waals surface area contributed by atoms with E-state index in [1.165, 1.54) is 4.40 Å². The molecule has 0 aliphatic heterocycles. The number of rotatable bonds is 3. The molecular formula is C13H16N2O4. The summed E-state index contributed by atoms with van der Waals surface area (Å²) in [5, 5.41) is 19.4. The van der Waals surface area contributed by atoms with Crippen LogP contribution in [0.5, 0.6) is 5.75 Å². The summed E-state index contributed by atoms with van der Waals surface area (Å²) >= 11 is 0. The van der Waals surface area contributed by atoms with Crippen molar-refractivity contribution >= 4 is 11.6 Å². The molecule has 0 amide bonds. The molecule has 19 heavy (non-hydrogen) atoms. The summed E-state index contributed by atoms with van der Waals surface area (Å²) in [6, 6.07) is 0. The number of aryl methyl sites for hydroxylation is 1. The number of aliphatic hydroxyl groups excluding tert-OH is 1. The van der Waals surface area contributed by atoms with Gasteiger partial charge in [0.2, 0.25) is 0 Å². The number of hydrogen-bond acceptors (Lipinski definition) is 5. The van der Waals surface area contributed by atoms with E-state index in [1.54, 1.807) is 27.0 Å². The smallest absolute Gasteiger partial charge is 0.357 e. The second kappa shape index (κ2) is 4.89. The van der Waals surface area contributed by atoms with Gasteiger partial charge in [-0.1, -0.05) is 0 Å². The molecule has 0 spiro atoms. The van der Waals surface area contributed by atoms with Gasteiger partial charge in [-0.3, -0.25) is 4.40 Å². The van der Waals surface area contributed by atoms with Gasteiger partial charge in [0.1, 0.15) is 0 Å². The Morgan fingerprint density at radius 1 is 1.47 bits per heavy atom. The van der Waals surface area contributed by atoms with Crippen LogP contribution in [0.1, 0.15) is 34.2 Å². The SMILES string of the molecule is CCOC(=O)c1c(C)nc2c(O)c(C)c(CO)cn12. The normalized spacial score (nSPS) is 10.9. The zero-order valence-electron chi connectivity index (χ0n) is 11.1. The number of esters is 1. The number of imidazole rings is 1. The molecule has 6 heteroatoms. The standard InChI is InChI=1S/C13H16N2O4/c1-4-19-13(18)10-8(3)14-12-11(17)7(2)9(6-16)5-15(10)12/h5,16-17H,4,6H2,1-3H3. The van der Waals surface area contributed by atoms with Crippen molar-refractivity contribution in [1.82, 2.24) is 9.38 Å². The Balaban J connectivity index is 2.75. The number of hydrogen-bond donors (Lipinski definition) is 2. The summed E-state index contributed by atoms with van der Waals surface area (Å²) in [7, 11) is 0. The Labute approximate surface area is 110 Å². The van der Waals surface area contributed by atoms with Gasteiger partial charge in [-0.05, 0) is 20.8 Å². The molecule has 2 rings (SSSR count). The summed E-state index contributed by atoms with van der Waals surface area (Å²) in [4.78, 5) is 16.1. The third-order valence-electron chi connectivity index (χ3n) is 3.06. The van der Waals surface area contributed by atoms with Crippen molar-refractivity contribution in [3.8, 4) is 5.75 Å². The molecule has 0 aromatic carbocycles. The van der Waals surface area contributed by atoms with Crippen LogP contribution in [0.15, 0.2) is 6.20 Å². The van der Waals surface area contributed by atoms with Crippen LogP contribution >= 0.6 is 0 Å². The van der Waals surface area contributed by atoms with E-state index in [1.807, 2.05) is 0 Å². The highest BCUT2D eigenvalue weighted by Gasteiger charge is 2.21. The summed E-state index contributed by atoms with van der Waals surface area (Å²) in [5.74, 6) is -0.537. The van der Waals surface area contributed by atoms with Crippen molar-refractivity contribution in [1.29, 1.82) is 0 Å². The van der Waals surface area contributed by atoms with Crippen LogP contribution in [0.3, 0.4) is 0 Å². The van der Waals surface area contributed by atoms with Crippen molar-refractivity contribution < 1.29 is 19.7 Å². The molecular weight excluding hydrogens is 248 g/mol. The Kier molecular flexibility index (Phi) is 3.44. The van der Waals surface area contributed by atoms with E-state index in [-0.39, 0.29) is 30.3 Å². The average molecular weight is 264 g/mol. The second-order valence-corrected chi connectivity index (χ2v) is 4.25. The Hall–Kier alpha value is -2.08. The fraction of sp³-hybridized carbons (Fsp3) is 0.385. The van der Waals surface area contributed by atoms with E-state index in [0.717, 1.165) is 0 Å². The molecule has 102 valence electrons. The number of fused-ring (bicyclic) bond motifs is 1. The van der Waals surface area contributed by atoms with Crippen molar-refractivity contribution in [3.05, 3.63) is 28.7 Å². The topological polar surface area (TPSA) is 84.1 Å². The van der Waals surface area contributed by atoms with Crippen LogP contribution in [-0.4, -0.2) is 32.2 Å². The summed E-state index contributed by atoms with van der Waals surface area (Å²) in [6.45, 7) is 5.11. The lowest BCUT2D eigenvalue weighted by Crippen LogP contribution is -2.10. The van der Waals surface area contributed by atoms with Gasteiger partial charge >= 0.3 is 5.97 Å². The first-order chi connectivity index (χ1) is 9.01. The van der Waals surface area contributed by atoms with Crippen LogP contribution in [-0.2, 0) is 11.3 Å². The van der Waals surface area contributed by atoms with E-state index in [9.17, 15) is 15.0 Å². The number of aromatic nitrogens is 2. The lowest BCUT2D eigenvalue weighted by atomic mass is 10.1. The fourth-order valence-electron chi connectivity index (χ4n) is 2.02. The van der Waals surface area contributed by atoms with E-state index >= 15 is 0 Å². The summed E-state index contributed by atoms with van der Waals surface area (Å²) < 4.78 is 6.43. The molecule has 6 nitrogen and oxygen atoms in total. The first kappa shape index (κ1) is 13.4. The van der Waals surface area contributed by atoms with Gasteiger partial charge in [0.25, 0.3) is 0 Å². The summed E-state index contributed by atoms with van der Waals surface area (Å²) in [6.07, 6.45) is 1.59. The molecule has 0 unspecified atom stereocenters. The van der Waals surface area contributed by atoms with Gasteiger partial charge in [0.05, 0.1) is 18.9 Å². The van der Waals surface area contributed by atoms with Gasteiger partial charge in [0.15, 0.2) is 17.1 Å². The van der Waals surface area contributed by atoms with Gasteiger partial charge in [-0.15, -0.1) is 0 Å². The van der Waals surface area contributed by atoms with E-state index in [2.05, 4.69) is 4.98 Å². The quantitative estimate of drug-likeness (QED) is 0.817. The first-order valence-electron chi connectivity index (χ1n) is 5.99. The number of aliphatic hydroxyl groups is 1. The highest BCUT2D eigenvalue weighted by Crippen LogP contribution is 2.28. The molecule has 2 aromatic heterocycles. The maximum Gasteiger partial charge on any atom is 0.357 e. The predicted octanol–water partition coefficient (Wildman–Crippen LogP) is 1.33. The van der Waals surface area contributed by atoms with Crippen molar-refractivity contribution in [2.45, 2.75) is 27.4 Å². The number of nitrogens with zero attached hydrogens (tertiary/aromatic N) is 2. The minimum Gasteiger partial charge on any atom is -0.504 e. The van der Waals surface area contributed by atoms with Crippen molar-refractivity contribution in [2.75, 3.05) is 6.61 Å². The number of carbonyl (C=O) groups is 1. The molecule has 0 bridgehead atoms. The van der Waals surface area contributed by atoms with Gasteiger partial charge in [-0.2, -0.15) is 0 Å². The third kappa shape index (κ3) is 2.04. The molecule has 2 N–H and O–H groups in total. The van der Waals surface area contributed by atoms with Crippen LogP contribution in [0.25, 0.3) is 5.65 Å². The van der Waals surface area contributed by atoms with Gasteiger partial charge in [-0.25, -0.2) is 9.78 Å². The highest BCUT2D eigenvalue weighted by molar-refractivity contribution is 5.90. The molecule has 0 fully saturated rings. The van der Waals surface area contributed by atoms with Gasteiger partial charge in [0, 0.05) is 17.3 Å². The van der Waals surface area contributed by atoms with Crippen LogP contribution < -0.4 is 0 Å². The lowest BCUT2D eigenvalue weighted by Gasteiger charge is -2.08. The molecule has 0 aliphatic carbocycles. The molecule has 0 saturated heterocycles. The second-order valence-electron chi connectivity index (χ2n) is 4.25. The molecule has 0 saturated carbocycles. The molecule has 0 aliphatic rings. The number of pyridine rings is 1. The molecule has 0 radical (unpaired) electrons. The van der Waals surface area contributed by atoms with Crippen LogP contribution in [0.2, 0.25) is 0 Å². The van der Waals surface area contributed by atoms with E-state index in [4.69, 9.17) is 4.74 Å². The zero-order valence-corrected chi connectivity index (χ0v) is 11.1. The minimum atomic E-state index is -0.500. The highest BCUT2D eigenvalue weighted by atomic mass is 16.5. The average Bonchev–Trinajstić information content (AvgIpc) is 2.70. The van der Waals surface area contributed by atoms with Crippen LogP contribution in [0, 0.1) is 13.8 Å². The Morgan fingerprint density at radius 3 is 2.74 bits per heavy atom. The fourth-order valence-corrected chi connectivity index (χ4v) is 2.02. The molecule has 2 heterocycles. The minimum absolute atomic E-state index is 0.0369. The number of aromatic hydroxyl groups is 1. The number of carbonyl (C=O) groups excluding carboxylic acids is 1. The van der Waals surface area contributed by atoms with Crippen LogP contribution in [0.4, 0.5) is 0 Å². The van der Waals surface area contributed by atoms with Crippen molar-refractivity contribution in [3.63, 3.8) is 0 Å². The molecule has 2 aromatic rings. The van der Waals surface area contributed by atoms with Gasteiger partial charge < -0.3 is 14.9 Å². The van der Waals surface area contributed by atoms with Crippen molar-refractivity contribution in [2.24, 2.45) is 0 Å². The largest absolute Gasteiger partial charge is 0.504 e. The Bertz CT molecular complexity index is 646. The molecule has 0 atom stereocenters. The monoisotopic (exact) mass is 264 g/mol. The lowest BCUT2D eigenvalue weighted by molar-refractivity contribution is 0.0517. The van der Waals surface area contributed by atoms with E-state index in [0.29, 0.717) is 16.8 Å². The predicted molar refractivity (Wildman–Crippen MR) is 68.2 cm³/mol. The number of ether oxygens (including phenoxy) is 1. The zero-order chi connectivity index (χ0) is 14.2. The maximum atomic E-state index is 11.9. The van der Waals surface area contributed by atoms with E-state index < -0.39 is 5.97 Å².